The first-order valence-electron chi connectivity index (χ1n) is 11.3. The predicted octanol–water partition coefficient (Wildman–Crippen LogP) is -1.95. The second kappa shape index (κ2) is 13.2. The van der Waals surface area contributed by atoms with Gasteiger partial charge in [-0.25, -0.2) is 9.78 Å². The molecule has 1 saturated heterocycles. The molecular weight excluding hydrogens is 480 g/mol. The van der Waals surface area contributed by atoms with Crippen LogP contribution in [0.4, 0.5) is 0 Å². The number of carboxylic acids is 3. The van der Waals surface area contributed by atoms with Gasteiger partial charge >= 0.3 is 17.9 Å². The molecule has 15 heteroatoms. The van der Waals surface area contributed by atoms with Gasteiger partial charge in [-0.3, -0.25) is 24.0 Å². The highest BCUT2D eigenvalue weighted by atomic mass is 16.4. The first-order chi connectivity index (χ1) is 17.0. The average molecular weight is 511 g/mol. The van der Waals surface area contributed by atoms with Gasteiger partial charge in [0.15, 0.2) is 0 Å². The summed E-state index contributed by atoms with van der Waals surface area (Å²) >= 11 is 0. The lowest BCUT2D eigenvalue weighted by Gasteiger charge is -2.28. The molecule has 0 bridgehead atoms. The van der Waals surface area contributed by atoms with E-state index in [0.29, 0.717) is 12.1 Å². The number of amides is 3. The number of nitrogens with one attached hydrogen (secondary N) is 3. The molecule has 2 heterocycles. The van der Waals surface area contributed by atoms with E-state index in [9.17, 15) is 33.9 Å². The quantitative estimate of drug-likeness (QED) is 0.145. The summed E-state index contributed by atoms with van der Waals surface area (Å²) in [6.45, 7) is 0.183. The smallest absolute Gasteiger partial charge is 0.326 e. The summed E-state index contributed by atoms with van der Waals surface area (Å²) < 4.78 is 0. The van der Waals surface area contributed by atoms with Gasteiger partial charge in [-0.1, -0.05) is 0 Å². The molecule has 1 fully saturated rings. The third kappa shape index (κ3) is 8.33. The van der Waals surface area contributed by atoms with Crippen molar-refractivity contribution in [1.29, 1.82) is 0 Å². The van der Waals surface area contributed by atoms with Gasteiger partial charge in [-0.2, -0.15) is 0 Å². The van der Waals surface area contributed by atoms with Crippen LogP contribution in [0, 0.1) is 0 Å². The van der Waals surface area contributed by atoms with Gasteiger partial charge in [0.1, 0.15) is 18.1 Å². The number of nitrogens with zero attached hydrogens (tertiary/aromatic N) is 2. The zero-order chi connectivity index (χ0) is 26.8. The Morgan fingerprint density at radius 3 is 2.25 bits per heavy atom. The zero-order valence-corrected chi connectivity index (χ0v) is 19.4. The zero-order valence-electron chi connectivity index (χ0n) is 19.4. The summed E-state index contributed by atoms with van der Waals surface area (Å²) in [5, 5.41) is 32.1. The summed E-state index contributed by atoms with van der Waals surface area (Å²) in [4.78, 5) is 79.9. The lowest BCUT2D eigenvalue weighted by molar-refractivity contribution is -0.149. The number of carbonyl (C=O) groups excluding carboxylic acids is 3. The van der Waals surface area contributed by atoms with Crippen molar-refractivity contribution in [3.05, 3.63) is 18.2 Å². The molecule has 1 aliphatic heterocycles. The Kier molecular flexibility index (Phi) is 10.3. The maximum atomic E-state index is 13.2. The SMILES string of the molecule is NC(CCC(=O)O)C(=O)NC(CCC(=O)O)C(=O)NC(Cc1cnc[nH]1)C(=O)N1CCCC1C(=O)O. The molecule has 4 unspecified atom stereocenters. The molecule has 0 radical (unpaired) electrons. The van der Waals surface area contributed by atoms with Crippen molar-refractivity contribution in [3.8, 4) is 0 Å². The lowest BCUT2D eigenvalue weighted by Crippen LogP contribution is -2.57. The Balaban J connectivity index is 2.20. The topological polar surface area (TPSA) is 245 Å². The summed E-state index contributed by atoms with van der Waals surface area (Å²) in [7, 11) is 0. The van der Waals surface area contributed by atoms with E-state index in [2.05, 4.69) is 20.6 Å². The second-order valence-corrected chi connectivity index (χ2v) is 8.40. The van der Waals surface area contributed by atoms with E-state index in [-0.39, 0.29) is 38.6 Å². The van der Waals surface area contributed by atoms with E-state index in [1.54, 1.807) is 0 Å². The standard InChI is InChI=1S/C21H30N6O9/c22-12(3-5-16(28)29)18(32)25-13(4-6-17(30)31)19(33)26-14(8-11-9-23-10-24-11)20(34)27-7-1-2-15(27)21(35)36/h9-10,12-15H,1-8,22H2,(H,23,24)(H,25,32)(H,26,33)(H,28,29)(H,30,31)(H,35,36). The second-order valence-electron chi connectivity index (χ2n) is 8.40. The van der Waals surface area contributed by atoms with Crippen molar-refractivity contribution in [3.63, 3.8) is 0 Å². The number of carboxylic acid groups (broad SMARTS) is 3. The molecule has 8 N–H and O–H groups in total. The Morgan fingerprint density at radius 1 is 1.03 bits per heavy atom. The number of carbonyl (C=O) groups is 6. The van der Waals surface area contributed by atoms with Crippen LogP contribution >= 0.6 is 0 Å². The van der Waals surface area contributed by atoms with Crippen molar-refractivity contribution in [2.75, 3.05) is 6.54 Å². The molecule has 1 aromatic heterocycles. The first-order valence-corrected chi connectivity index (χ1v) is 11.3. The Bertz CT molecular complexity index is 967. The van der Waals surface area contributed by atoms with Gasteiger partial charge < -0.3 is 41.6 Å². The molecule has 0 aromatic carbocycles. The minimum Gasteiger partial charge on any atom is -0.481 e. The number of aliphatic carboxylic acids is 3. The van der Waals surface area contributed by atoms with Crippen molar-refractivity contribution in [2.45, 2.75) is 69.1 Å². The van der Waals surface area contributed by atoms with Crippen LogP contribution in [0.2, 0.25) is 0 Å². The monoisotopic (exact) mass is 510 g/mol. The molecule has 4 atom stereocenters. The molecule has 0 spiro atoms. The van der Waals surface area contributed by atoms with Gasteiger partial charge in [0.25, 0.3) is 0 Å². The minimum absolute atomic E-state index is 0.0644. The maximum Gasteiger partial charge on any atom is 0.326 e. The van der Waals surface area contributed by atoms with E-state index in [1.807, 2.05) is 0 Å². The van der Waals surface area contributed by atoms with Crippen molar-refractivity contribution in [1.82, 2.24) is 25.5 Å². The third-order valence-corrected chi connectivity index (χ3v) is 5.70. The number of imidazole rings is 1. The van der Waals surface area contributed by atoms with Gasteiger partial charge in [-0.15, -0.1) is 0 Å². The molecule has 198 valence electrons. The van der Waals surface area contributed by atoms with Gasteiger partial charge in [0.05, 0.1) is 12.4 Å². The fraction of sp³-hybridized carbons (Fsp3) is 0.571. The van der Waals surface area contributed by atoms with Gasteiger partial charge in [-0.05, 0) is 25.7 Å². The van der Waals surface area contributed by atoms with Crippen molar-refractivity contribution in [2.24, 2.45) is 5.73 Å². The number of hydrogen-bond donors (Lipinski definition) is 7. The van der Waals surface area contributed by atoms with Gasteiger partial charge in [0, 0.05) is 37.7 Å². The van der Waals surface area contributed by atoms with Crippen LogP contribution in [-0.2, 0) is 35.2 Å². The molecule has 1 aliphatic rings. The third-order valence-electron chi connectivity index (χ3n) is 5.70. The molecule has 15 nitrogen and oxygen atoms in total. The van der Waals surface area contributed by atoms with Gasteiger partial charge in [0.2, 0.25) is 17.7 Å². The van der Waals surface area contributed by atoms with E-state index in [4.69, 9.17) is 15.9 Å². The molecule has 1 aromatic rings. The highest BCUT2D eigenvalue weighted by Crippen LogP contribution is 2.19. The van der Waals surface area contributed by atoms with E-state index >= 15 is 0 Å². The number of hydrogen-bond acceptors (Lipinski definition) is 8. The fourth-order valence-corrected chi connectivity index (χ4v) is 3.80. The Morgan fingerprint density at radius 2 is 1.67 bits per heavy atom. The summed E-state index contributed by atoms with van der Waals surface area (Å²) in [6, 6.07) is -4.93. The van der Waals surface area contributed by atoms with Crippen LogP contribution in [0.3, 0.4) is 0 Å². The molecule has 2 rings (SSSR count). The average Bonchev–Trinajstić information content (AvgIpc) is 3.51. The highest BCUT2D eigenvalue weighted by Gasteiger charge is 2.38. The number of nitrogens with two attached hydrogens (primary N) is 1. The molecule has 36 heavy (non-hydrogen) atoms. The Labute approximate surface area is 205 Å². The van der Waals surface area contributed by atoms with Crippen LogP contribution in [0.15, 0.2) is 12.5 Å². The lowest BCUT2D eigenvalue weighted by atomic mass is 10.1. The predicted molar refractivity (Wildman–Crippen MR) is 120 cm³/mol. The van der Waals surface area contributed by atoms with E-state index in [1.165, 1.54) is 12.5 Å². The Hall–Kier alpha value is -4.01. The van der Waals surface area contributed by atoms with Crippen LogP contribution in [0.5, 0.6) is 0 Å². The van der Waals surface area contributed by atoms with Crippen LogP contribution in [0.25, 0.3) is 0 Å². The number of H-pyrrole nitrogens is 1. The number of likely N-dealkylation sites (tertiary alicyclic amines) is 1. The summed E-state index contributed by atoms with van der Waals surface area (Å²) in [5.41, 5.74) is 6.16. The van der Waals surface area contributed by atoms with Crippen LogP contribution < -0.4 is 16.4 Å². The minimum atomic E-state index is -1.39. The molecule has 3 amide bonds. The van der Waals surface area contributed by atoms with Crippen molar-refractivity contribution < 1.29 is 44.1 Å². The molecular formula is C21H30N6O9. The fourth-order valence-electron chi connectivity index (χ4n) is 3.80. The highest BCUT2D eigenvalue weighted by molar-refractivity contribution is 5.94. The maximum absolute atomic E-state index is 13.2. The normalized spacial score (nSPS) is 17.6. The number of aromatic nitrogens is 2. The summed E-state index contributed by atoms with van der Waals surface area (Å²) in [5.74, 6) is -5.95. The van der Waals surface area contributed by atoms with Crippen molar-refractivity contribution >= 4 is 35.6 Å². The number of aromatic amines is 1. The van der Waals surface area contributed by atoms with Crippen LogP contribution in [-0.4, -0.2) is 96.5 Å². The summed E-state index contributed by atoms with van der Waals surface area (Å²) in [6.07, 6.45) is 2.05. The first kappa shape index (κ1) is 28.2. The number of rotatable bonds is 14. The molecule has 0 aliphatic carbocycles. The van der Waals surface area contributed by atoms with E-state index in [0.717, 1.165) is 4.90 Å². The van der Waals surface area contributed by atoms with E-state index < -0.39 is 66.2 Å². The van der Waals surface area contributed by atoms with Crippen LogP contribution in [0.1, 0.15) is 44.2 Å². The largest absolute Gasteiger partial charge is 0.481 e. The molecule has 0 saturated carbocycles.